The predicted molar refractivity (Wildman–Crippen MR) is 132 cm³/mol. The highest BCUT2D eigenvalue weighted by molar-refractivity contribution is 6.35. The van der Waals surface area contributed by atoms with Crippen molar-refractivity contribution in [1.29, 1.82) is 0 Å². The van der Waals surface area contributed by atoms with E-state index in [-0.39, 0.29) is 12.0 Å². The van der Waals surface area contributed by atoms with Gasteiger partial charge >= 0.3 is 6.09 Å². The molecule has 0 bridgehead atoms. The lowest BCUT2D eigenvalue weighted by molar-refractivity contribution is 0.0141. The largest absolute Gasteiger partial charge is 0.493 e. The highest BCUT2D eigenvalue weighted by atomic mass is 35.5. The Balaban J connectivity index is 1.61. The molecular weight excluding hydrogens is 479 g/mol. The minimum absolute atomic E-state index is 0.128. The van der Waals surface area contributed by atoms with Crippen molar-refractivity contribution in [3.05, 3.63) is 57.6 Å². The Morgan fingerprint density at radius 3 is 2.24 bits per heavy atom. The molecule has 34 heavy (non-hydrogen) atoms. The van der Waals surface area contributed by atoms with Gasteiger partial charge in [0.05, 0.1) is 13.7 Å². The molecule has 2 aromatic carbocycles. The van der Waals surface area contributed by atoms with Gasteiger partial charge in [0, 0.05) is 48.2 Å². The average Bonchev–Trinajstić information content (AvgIpc) is 2.79. The molecule has 0 N–H and O–H groups in total. The maximum Gasteiger partial charge on any atom is 0.410 e. The third-order valence-electron chi connectivity index (χ3n) is 5.27. The molecule has 1 saturated heterocycles. The minimum atomic E-state index is -0.553. The zero-order chi connectivity index (χ0) is 24.9. The van der Waals surface area contributed by atoms with Crippen LogP contribution >= 0.6 is 23.2 Å². The van der Waals surface area contributed by atoms with E-state index in [2.05, 4.69) is 0 Å². The fourth-order valence-corrected chi connectivity index (χ4v) is 4.02. The van der Waals surface area contributed by atoms with Crippen molar-refractivity contribution in [1.82, 2.24) is 9.80 Å². The smallest absolute Gasteiger partial charge is 0.410 e. The second kappa shape index (κ2) is 11.2. The van der Waals surface area contributed by atoms with E-state index in [1.54, 1.807) is 47.2 Å². The summed E-state index contributed by atoms with van der Waals surface area (Å²) in [7, 11) is 1.55. The van der Waals surface area contributed by atoms with Crippen LogP contribution in [0.5, 0.6) is 11.5 Å². The van der Waals surface area contributed by atoms with E-state index in [0.717, 1.165) is 5.56 Å². The third kappa shape index (κ3) is 6.93. The first-order valence-corrected chi connectivity index (χ1v) is 11.8. The van der Waals surface area contributed by atoms with E-state index in [1.165, 1.54) is 0 Å². The van der Waals surface area contributed by atoms with Crippen molar-refractivity contribution in [2.75, 3.05) is 39.9 Å². The van der Waals surface area contributed by atoms with E-state index in [9.17, 15) is 9.59 Å². The number of methoxy groups -OCH3 is 1. The number of nitrogens with zero attached hydrogens (tertiary/aromatic N) is 2. The van der Waals surface area contributed by atoms with Crippen molar-refractivity contribution < 1.29 is 23.8 Å². The van der Waals surface area contributed by atoms with Crippen molar-refractivity contribution in [2.45, 2.75) is 32.8 Å². The summed E-state index contributed by atoms with van der Waals surface area (Å²) in [5, 5.41) is 1.16. The van der Waals surface area contributed by atoms with Gasteiger partial charge in [0.15, 0.2) is 11.5 Å². The Morgan fingerprint density at radius 2 is 1.62 bits per heavy atom. The maximum absolute atomic E-state index is 13.1. The lowest BCUT2D eigenvalue weighted by atomic mass is 10.1. The van der Waals surface area contributed by atoms with E-state index in [0.29, 0.717) is 66.3 Å². The lowest BCUT2D eigenvalue weighted by Gasteiger charge is -2.35. The standard InChI is InChI=1S/C25H30Cl2N2O5/c1-25(2,3)34-24(31)29-12-10-28(11-13-29)23(30)18-6-8-21(32-4)22(15-18)33-14-9-17-5-7-19(26)16-20(17)27/h5-8,15-16H,9-14H2,1-4H3. The lowest BCUT2D eigenvalue weighted by Crippen LogP contribution is -2.51. The van der Waals surface area contributed by atoms with Gasteiger partial charge in [0.2, 0.25) is 0 Å². The molecule has 1 aliphatic heterocycles. The topological polar surface area (TPSA) is 68.3 Å². The number of carbonyl (C=O) groups excluding carboxylic acids is 2. The molecule has 184 valence electrons. The van der Waals surface area contributed by atoms with Gasteiger partial charge < -0.3 is 24.0 Å². The molecule has 0 saturated carbocycles. The summed E-state index contributed by atoms with van der Waals surface area (Å²) in [5.41, 5.74) is 0.855. The number of piperazine rings is 1. The van der Waals surface area contributed by atoms with E-state index in [4.69, 9.17) is 37.4 Å². The third-order valence-corrected chi connectivity index (χ3v) is 5.86. The first-order chi connectivity index (χ1) is 16.1. The summed E-state index contributed by atoms with van der Waals surface area (Å²) in [6.45, 7) is 7.53. The highest BCUT2D eigenvalue weighted by Crippen LogP contribution is 2.29. The van der Waals surface area contributed by atoms with Gasteiger partial charge in [-0.15, -0.1) is 0 Å². The van der Waals surface area contributed by atoms with Crippen LogP contribution in [-0.2, 0) is 11.2 Å². The van der Waals surface area contributed by atoms with Crippen LogP contribution in [-0.4, -0.2) is 67.3 Å². The number of hydrogen-bond acceptors (Lipinski definition) is 5. The number of hydrogen-bond donors (Lipinski definition) is 0. The molecule has 9 heteroatoms. The molecule has 3 rings (SSSR count). The van der Waals surface area contributed by atoms with Crippen LogP contribution in [0.1, 0.15) is 36.7 Å². The van der Waals surface area contributed by atoms with E-state index < -0.39 is 5.60 Å². The number of ether oxygens (including phenoxy) is 3. The average molecular weight is 509 g/mol. The van der Waals surface area contributed by atoms with Crippen molar-refractivity contribution in [3.63, 3.8) is 0 Å². The fourth-order valence-electron chi connectivity index (χ4n) is 3.52. The normalized spacial score (nSPS) is 14.1. The molecule has 0 spiro atoms. The molecule has 0 radical (unpaired) electrons. The Labute approximate surface area is 210 Å². The Morgan fingerprint density at radius 1 is 0.941 bits per heavy atom. The molecular formula is C25H30Cl2N2O5. The second-order valence-corrected chi connectivity index (χ2v) is 9.80. The summed E-state index contributed by atoms with van der Waals surface area (Å²) < 4.78 is 16.7. The van der Waals surface area contributed by atoms with Crippen LogP contribution in [0, 0.1) is 0 Å². The molecule has 0 aromatic heterocycles. The van der Waals surface area contributed by atoms with Gasteiger partial charge in [0.1, 0.15) is 5.60 Å². The molecule has 0 unspecified atom stereocenters. The van der Waals surface area contributed by atoms with Crippen molar-refractivity contribution >= 4 is 35.2 Å². The van der Waals surface area contributed by atoms with Gasteiger partial charge in [-0.05, 0) is 56.7 Å². The molecule has 1 fully saturated rings. The molecule has 7 nitrogen and oxygen atoms in total. The van der Waals surface area contributed by atoms with Crippen LogP contribution in [0.25, 0.3) is 0 Å². The Hall–Kier alpha value is -2.64. The number of carbonyl (C=O) groups is 2. The SMILES string of the molecule is COc1ccc(C(=O)N2CCN(C(=O)OC(C)(C)C)CC2)cc1OCCc1ccc(Cl)cc1Cl. The Bertz CT molecular complexity index is 1030. The molecule has 0 atom stereocenters. The van der Waals surface area contributed by atoms with Crippen LogP contribution in [0.4, 0.5) is 4.79 Å². The zero-order valence-corrected chi connectivity index (χ0v) is 21.4. The molecule has 1 heterocycles. The zero-order valence-electron chi connectivity index (χ0n) is 19.9. The van der Waals surface area contributed by atoms with Crippen molar-refractivity contribution in [2.24, 2.45) is 0 Å². The monoisotopic (exact) mass is 508 g/mol. The number of rotatable bonds is 6. The van der Waals surface area contributed by atoms with E-state index >= 15 is 0 Å². The summed E-state index contributed by atoms with van der Waals surface area (Å²) in [6, 6.07) is 10.5. The fraction of sp³-hybridized carbons (Fsp3) is 0.440. The summed E-state index contributed by atoms with van der Waals surface area (Å²) in [4.78, 5) is 28.7. The van der Waals surface area contributed by atoms with Crippen LogP contribution in [0.2, 0.25) is 10.0 Å². The number of benzene rings is 2. The summed E-state index contributed by atoms with van der Waals surface area (Å²) >= 11 is 12.2. The number of halogens is 2. The first kappa shape index (κ1) is 26.0. The quantitative estimate of drug-likeness (QED) is 0.528. The maximum atomic E-state index is 13.1. The summed E-state index contributed by atoms with van der Waals surface area (Å²) in [5.74, 6) is 0.886. The van der Waals surface area contributed by atoms with Gasteiger partial charge in [-0.3, -0.25) is 4.79 Å². The molecule has 2 aromatic rings. The Kier molecular flexibility index (Phi) is 8.55. The van der Waals surface area contributed by atoms with E-state index in [1.807, 2.05) is 26.8 Å². The molecule has 2 amide bonds. The van der Waals surface area contributed by atoms with Gasteiger partial charge in [-0.25, -0.2) is 4.79 Å². The van der Waals surface area contributed by atoms with Crippen LogP contribution in [0.3, 0.4) is 0 Å². The van der Waals surface area contributed by atoms with Crippen LogP contribution < -0.4 is 9.47 Å². The molecule has 0 aliphatic carbocycles. The predicted octanol–water partition coefficient (Wildman–Crippen LogP) is 5.32. The van der Waals surface area contributed by atoms with Gasteiger partial charge in [-0.2, -0.15) is 0 Å². The second-order valence-electron chi connectivity index (χ2n) is 8.96. The summed E-state index contributed by atoms with van der Waals surface area (Å²) in [6.07, 6.45) is 0.213. The van der Waals surface area contributed by atoms with Crippen molar-refractivity contribution in [3.8, 4) is 11.5 Å². The van der Waals surface area contributed by atoms with Gasteiger partial charge in [-0.1, -0.05) is 29.3 Å². The first-order valence-electron chi connectivity index (χ1n) is 11.1. The number of amides is 2. The molecule has 1 aliphatic rings. The minimum Gasteiger partial charge on any atom is -0.493 e. The van der Waals surface area contributed by atoms with Gasteiger partial charge in [0.25, 0.3) is 5.91 Å². The highest BCUT2D eigenvalue weighted by Gasteiger charge is 2.28. The van der Waals surface area contributed by atoms with Crippen LogP contribution in [0.15, 0.2) is 36.4 Å².